The first kappa shape index (κ1) is 11.4. The van der Waals surface area contributed by atoms with E-state index in [9.17, 15) is 0 Å². The molecule has 0 fully saturated rings. The van der Waals surface area contributed by atoms with Crippen molar-refractivity contribution in [3.63, 3.8) is 0 Å². The molecule has 0 saturated heterocycles. The van der Waals surface area contributed by atoms with Crippen molar-refractivity contribution >= 4 is 21.6 Å². The van der Waals surface area contributed by atoms with Gasteiger partial charge in [0.2, 0.25) is 0 Å². The Morgan fingerprint density at radius 1 is 1.29 bits per heavy atom. The molecule has 1 aromatic carbocycles. The van der Waals surface area contributed by atoms with Crippen LogP contribution in [0.4, 0.5) is 5.69 Å². The molecule has 78 valence electrons. The summed E-state index contributed by atoms with van der Waals surface area (Å²) in [5.74, 6) is 0.989. The van der Waals surface area contributed by atoms with Crippen molar-refractivity contribution in [2.45, 2.75) is 20.8 Å². The first-order valence-electron chi connectivity index (χ1n) is 4.56. The third-order valence-electron chi connectivity index (χ3n) is 2.49. The molecule has 0 atom stereocenters. The Kier molecular flexibility index (Phi) is 3.81. The SMILES string of the molecule is COc1c(C)cc(NCBr)c(C)c1C. The van der Waals surface area contributed by atoms with Crippen molar-refractivity contribution in [2.75, 3.05) is 17.9 Å². The molecular weight excluding hydrogens is 242 g/mol. The fourth-order valence-electron chi connectivity index (χ4n) is 1.63. The molecule has 0 radical (unpaired) electrons. The van der Waals surface area contributed by atoms with E-state index in [0.29, 0.717) is 0 Å². The first-order valence-corrected chi connectivity index (χ1v) is 5.68. The van der Waals surface area contributed by atoms with E-state index in [-0.39, 0.29) is 0 Å². The van der Waals surface area contributed by atoms with E-state index in [1.54, 1.807) is 7.11 Å². The lowest BCUT2D eigenvalue weighted by atomic mass is 10.0. The molecule has 3 heteroatoms. The largest absolute Gasteiger partial charge is 0.496 e. The van der Waals surface area contributed by atoms with Gasteiger partial charge in [0.1, 0.15) is 5.75 Å². The summed E-state index contributed by atoms with van der Waals surface area (Å²) in [4.78, 5) is 0. The second-order valence-electron chi connectivity index (χ2n) is 3.33. The number of halogens is 1. The van der Waals surface area contributed by atoms with Crippen molar-refractivity contribution in [3.8, 4) is 5.75 Å². The van der Waals surface area contributed by atoms with Gasteiger partial charge in [0.25, 0.3) is 0 Å². The zero-order chi connectivity index (χ0) is 10.7. The molecule has 0 aromatic heterocycles. The maximum atomic E-state index is 5.35. The topological polar surface area (TPSA) is 21.3 Å². The minimum Gasteiger partial charge on any atom is -0.496 e. The number of nitrogens with one attached hydrogen (secondary N) is 1. The second kappa shape index (κ2) is 4.69. The second-order valence-corrected chi connectivity index (χ2v) is 3.90. The number of benzene rings is 1. The van der Waals surface area contributed by atoms with Crippen LogP contribution in [0.3, 0.4) is 0 Å². The van der Waals surface area contributed by atoms with Gasteiger partial charge in [-0.15, -0.1) is 0 Å². The summed E-state index contributed by atoms with van der Waals surface area (Å²) < 4.78 is 5.35. The van der Waals surface area contributed by atoms with Crippen molar-refractivity contribution < 1.29 is 4.74 Å². The van der Waals surface area contributed by atoms with Crippen molar-refractivity contribution in [1.29, 1.82) is 0 Å². The van der Waals surface area contributed by atoms with Gasteiger partial charge >= 0.3 is 0 Å². The van der Waals surface area contributed by atoms with Gasteiger partial charge in [-0.2, -0.15) is 0 Å². The molecule has 0 saturated carbocycles. The summed E-state index contributed by atoms with van der Waals surface area (Å²) in [7, 11) is 1.71. The van der Waals surface area contributed by atoms with E-state index in [2.05, 4.69) is 48.1 Å². The van der Waals surface area contributed by atoms with Gasteiger partial charge in [-0.1, -0.05) is 15.9 Å². The molecule has 1 N–H and O–H groups in total. The maximum Gasteiger partial charge on any atom is 0.125 e. The van der Waals surface area contributed by atoms with Gasteiger partial charge in [-0.05, 0) is 43.5 Å². The standard InChI is InChI=1S/C11H16BrNO/c1-7-5-10(13-6-12)8(2)9(3)11(7)14-4/h5,13H,6H2,1-4H3. The molecule has 2 nitrogen and oxygen atoms in total. The van der Waals surface area contributed by atoms with Crippen LogP contribution in [0.2, 0.25) is 0 Å². The average Bonchev–Trinajstić information content (AvgIpc) is 2.15. The third kappa shape index (κ3) is 2.03. The van der Waals surface area contributed by atoms with Gasteiger partial charge in [0, 0.05) is 5.69 Å². The van der Waals surface area contributed by atoms with Gasteiger partial charge in [-0.25, -0.2) is 0 Å². The van der Waals surface area contributed by atoms with Gasteiger partial charge in [0.15, 0.2) is 0 Å². The van der Waals surface area contributed by atoms with E-state index in [1.807, 2.05) is 0 Å². The molecular formula is C11H16BrNO. The molecule has 1 rings (SSSR count). The Balaban J connectivity index is 3.25. The fraction of sp³-hybridized carbons (Fsp3) is 0.455. The number of hydrogen-bond acceptors (Lipinski definition) is 2. The number of methoxy groups -OCH3 is 1. The summed E-state index contributed by atoms with van der Waals surface area (Å²) >= 11 is 3.36. The molecule has 0 bridgehead atoms. The van der Waals surface area contributed by atoms with E-state index in [1.165, 1.54) is 16.7 Å². The van der Waals surface area contributed by atoms with E-state index >= 15 is 0 Å². The predicted octanol–water partition coefficient (Wildman–Crippen LogP) is 3.38. The first-order chi connectivity index (χ1) is 6.61. The summed E-state index contributed by atoms with van der Waals surface area (Å²) in [5.41, 5.74) is 5.54. The van der Waals surface area contributed by atoms with Crippen LogP contribution in [0, 0.1) is 20.8 Å². The Morgan fingerprint density at radius 3 is 2.43 bits per heavy atom. The van der Waals surface area contributed by atoms with Crippen LogP contribution in [0.25, 0.3) is 0 Å². The minimum absolute atomic E-state index is 0.763. The highest BCUT2D eigenvalue weighted by molar-refractivity contribution is 9.09. The predicted molar refractivity (Wildman–Crippen MR) is 64.6 cm³/mol. The molecule has 0 spiro atoms. The van der Waals surface area contributed by atoms with Crippen LogP contribution < -0.4 is 10.1 Å². The van der Waals surface area contributed by atoms with E-state index in [4.69, 9.17) is 4.74 Å². The monoisotopic (exact) mass is 257 g/mol. The number of ether oxygens (including phenoxy) is 1. The lowest BCUT2D eigenvalue weighted by Gasteiger charge is -2.15. The Labute approximate surface area is 93.8 Å². The van der Waals surface area contributed by atoms with Crippen LogP contribution >= 0.6 is 15.9 Å². The summed E-state index contributed by atoms with van der Waals surface area (Å²) in [5, 5.41) is 3.27. The average molecular weight is 258 g/mol. The number of anilines is 1. The molecule has 0 heterocycles. The Bertz CT molecular complexity index is 337. The van der Waals surface area contributed by atoms with Crippen molar-refractivity contribution in [3.05, 3.63) is 22.8 Å². The van der Waals surface area contributed by atoms with Crippen molar-refractivity contribution in [2.24, 2.45) is 0 Å². The van der Waals surface area contributed by atoms with E-state index < -0.39 is 0 Å². The summed E-state index contributed by atoms with van der Waals surface area (Å²) in [6.45, 7) is 6.24. The van der Waals surface area contributed by atoms with Crippen LogP contribution in [0.1, 0.15) is 16.7 Å². The highest BCUT2D eigenvalue weighted by atomic mass is 79.9. The molecule has 14 heavy (non-hydrogen) atoms. The lowest BCUT2D eigenvalue weighted by Crippen LogP contribution is -2.01. The van der Waals surface area contributed by atoms with Crippen LogP contribution in [-0.2, 0) is 0 Å². The van der Waals surface area contributed by atoms with Crippen LogP contribution in [-0.4, -0.2) is 12.6 Å². The van der Waals surface area contributed by atoms with Gasteiger partial charge in [-0.3, -0.25) is 0 Å². The molecule has 0 aliphatic rings. The van der Waals surface area contributed by atoms with Crippen molar-refractivity contribution in [1.82, 2.24) is 0 Å². The van der Waals surface area contributed by atoms with Crippen LogP contribution in [0.5, 0.6) is 5.75 Å². The normalized spacial score (nSPS) is 10.1. The number of aryl methyl sites for hydroxylation is 1. The summed E-state index contributed by atoms with van der Waals surface area (Å²) in [6, 6.07) is 2.11. The fourth-order valence-corrected chi connectivity index (χ4v) is 1.93. The Morgan fingerprint density at radius 2 is 1.93 bits per heavy atom. The molecule has 1 aromatic rings. The Hall–Kier alpha value is -0.700. The zero-order valence-corrected chi connectivity index (χ0v) is 10.7. The highest BCUT2D eigenvalue weighted by Crippen LogP contribution is 2.31. The number of hydrogen-bond donors (Lipinski definition) is 1. The smallest absolute Gasteiger partial charge is 0.125 e. The van der Waals surface area contributed by atoms with Gasteiger partial charge < -0.3 is 10.1 Å². The molecule has 0 aliphatic carbocycles. The minimum atomic E-state index is 0.763. The quantitative estimate of drug-likeness (QED) is 0.662. The highest BCUT2D eigenvalue weighted by Gasteiger charge is 2.09. The van der Waals surface area contributed by atoms with Gasteiger partial charge in [0.05, 0.1) is 12.6 Å². The molecule has 0 unspecified atom stereocenters. The molecule has 0 amide bonds. The van der Waals surface area contributed by atoms with E-state index in [0.717, 1.165) is 16.9 Å². The molecule has 0 aliphatic heterocycles. The van der Waals surface area contributed by atoms with Crippen LogP contribution in [0.15, 0.2) is 6.07 Å². The maximum absolute atomic E-state index is 5.35. The summed E-state index contributed by atoms with van der Waals surface area (Å²) in [6.07, 6.45) is 0. The third-order valence-corrected chi connectivity index (χ3v) is 2.77. The number of rotatable bonds is 3. The number of alkyl halides is 1. The lowest BCUT2D eigenvalue weighted by molar-refractivity contribution is 0.408. The zero-order valence-electron chi connectivity index (χ0n) is 9.07.